The van der Waals surface area contributed by atoms with Crippen LogP contribution in [0, 0.1) is 12.7 Å². The molecule has 0 fully saturated rings. The van der Waals surface area contributed by atoms with Crippen LogP contribution in [0.1, 0.15) is 22.9 Å². The van der Waals surface area contributed by atoms with Crippen LogP contribution in [-0.2, 0) is 0 Å². The topological polar surface area (TPSA) is 47.0 Å². The number of nitrogens with one attached hydrogen (secondary N) is 1. The monoisotopic (exact) mass is 323 g/mol. The molecule has 0 saturated heterocycles. The van der Waals surface area contributed by atoms with E-state index in [0.29, 0.717) is 5.82 Å². The minimum Gasteiger partial charge on any atom is -0.497 e. The highest BCUT2D eigenvalue weighted by Crippen LogP contribution is 2.27. The second-order valence-corrected chi connectivity index (χ2v) is 5.45. The van der Waals surface area contributed by atoms with Crippen molar-refractivity contribution in [3.05, 3.63) is 83.6 Å². The van der Waals surface area contributed by atoms with Crippen LogP contribution >= 0.6 is 0 Å². The fourth-order valence-corrected chi connectivity index (χ4v) is 2.49. The van der Waals surface area contributed by atoms with Crippen LogP contribution in [0.25, 0.3) is 0 Å². The van der Waals surface area contributed by atoms with Crippen LogP contribution in [0.2, 0.25) is 0 Å². The predicted molar refractivity (Wildman–Crippen MR) is 91.6 cm³/mol. The standard InChI is InChI=1S/C19H18FN3O/c1-13-11-18(22-12-21-13)23-19(14-3-7-16(20)8-4-14)15-5-9-17(24-2)10-6-15/h3-12,19H,1-2H3,(H,21,22,23). The summed E-state index contributed by atoms with van der Waals surface area (Å²) >= 11 is 0. The molecule has 2 aromatic carbocycles. The number of anilines is 1. The maximum atomic E-state index is 13.3. The molecule has 4 nitrogen and oxygen atoms in total. The number of benzene rings is 2. The zero-order valence-electron chi connectivity index (χ0n) is 13.5. The molecule has 0 aliphatic heterocycles. The number of hydrogen-bond donors (Lipinski definition) is 1. The highest BCUT2D eigenvalue weighted by molar-refractivity contribution is 5.45. The molecular formula is C19H18FN3O. The Balaban J connectivity index is 1.97. The molecule has 3 aromatic rings. The summed E-state index contributed by atoms with van der Waals surface area (Å²) in [5.74, 6) is 1.24. The van der Waals surface area contributed by atoms with Gasteiger partial charge in [0.25, 0.3) is 0 Å². The van der Waals surface area contributed by atoms with Gasteiger partial charge < -0.3 is 10.1 Å². The molecule has 0 radical (unpaired) electrons. The number of nitrogens with zero attached hydrogens (tertiary/aromatic N) is 2. The maximum absolute atomic E-state index is 13.3. The van der Waals surface area contributed by atoms with E-state index in [0.717, 1.165) is 22.6 Å². The summed E-state index contributed by atoms with van der Waals surface area (Å²) in [6.07, 6.45) is 1.52. The van der Waals surface area contributed by atoms with Crippen molar-refractivity contribution in [2.75, 3.05) is 12.4 Å². The van der Waals surface area contributed by atoms with Crippen molar-refractivity contribution < 1.29 is 9.13 Å². The van der Waals surface area contributed by atoms with Gasteiger partial charge in [0.1, 0.15) is 23.7 Å². The van der Waals surface area contributed by atoms with E-state index in [9.17, 15) is 4.39 Å². The Kier molecular flexibility index (Phi) is 4.70. The number of hydrogen-bond acceptors (Lipinski definition) is 4. The highest BCUT2D eigenvalue weighted by atomic mass is 19.1. The van der Waals surface area contributed by atoms with Gasteiger partial charge in [0, 0.05) is 11.8 Å². The third-order valence-electron chi connectivity index (χ3n) is 3.75. The predicted octanol–water partition coefficient (Wildman–Crippen LogP) is 4.13. The lowest BCUT2D eigenvalue weighted by Gasteiger charge is -2.21. The normalized spacial score (nSPS) is 11.8. The molecule has 5 heteroatoms. The van der Waals surface area contributed by atoms with E-state index in [1.165, 1.54) is 18.5 Å². The number of aryl methyl sites for hydroxylation is 1. The van der Waals surface area contributed by atoms with E-state index in [-0.39, 0.29) is 11.9 Å². The average molecular weight is 323 g/mol. The minimum absolute atomic E-state index is 0.161. The Morgan fingerprint density at radius 2 is 1.58 bits per heavy atom. The molecule has 122 valence electrons. The van der Waals surface area contributed by atoms with E-state index in [1.807, 2.05) is 37.3 Å². The van der Waals surface area contributed by atoms with E-state index in [2.05, 4.69) is 15.3 Å². The molecule has 1 atom stereocenters. The molecule has 1 heterocycles. The fourth-order valence-electron chi connectivity index (χ4n) is 2.49. The van der Waals surface area contributed by atoms with Gasteiger partial charge in [-0.05, 0) is 42.3 Å². The van der Waals surface area contributed by atoms with Crippen LogP contribution in [-0.4, -0.2) is 17.1 Å². The van der Waals surface area contributed by atoms with Crippen molar-refractivity contribution in [2.24, 2.45) is 0 Å². The van der Waals surface area contributed by atoms with Crippen LogP contribution in [0.15, 0.2) is 60.9 Å². The third kappa shape index (κ3) is 3.68. The van der Waals surface area contributed by atoms with Gasteiger partial charge >= 0.3 is 0 Å². The lowest BCUT2D eigenvalue weighted by Crippen LogP contribution is -2.13. The zero-order valence-corrected chi connectivity index (χ0v) is 13.5. The number of rotatable bonds is 5. The van der Waals surface area contributed by atoms with Crippen molar-refractivity contribution in [3.63, 3.8) is 0 Å². The van der Waals surface area contributed by atoms with Gasteiger partial charge in [-0.15, -0.1) is 0 Å². The van der Waals surface area contributed by atoms with E-state index in [1.54, 1.807) is 19.2 Å². The van der Waals surface area contributed by atoms with Gasteiger partial charge in [-0.1, -0.05) is 24.3 Å². The minimum atomic E-state index is -0.259. The van der Waals surface area contributed by atoms with Crippen molar-refractivity contribution in [1.82, 2.24) is 9.97 Å². The molecule has 24 heavy (non-hydrogen) atoms. The summed E-state index contributed by atoms with van der Waals surface area (Å²) in [7, 11) is 1.63. The second kappa shape index (κ2) is 7.08. The number of ether oxygens (including phenoxy) is 1. The summed E-state index contributed by atoms with van der Waals surface area (Å²) in [4.78, 5) is 8.37. The number of aromatic nitrogens is 2. The summed E-state index contributed by atoms with van der Waals surface area (Å²) in [6, 6.07) is 15.9. The molecule has 1 N–H and O–H groups in total. The SMILES string of the molecule is COc1ccc(C(Nc2cc(C)ncn2)c2ccc(F)cc2)cc1. The van der Waals surface area contributed by atoms with Crippen molar-refractivity contribution >= 4 is 5.82 Å². The Morgan fingerprint density at radius 1 is 0.958 bits per heavy atom. The van der Waals surface area contributed by atoms with Crippen molar-refractivity contribution in [3.8, 4) is 5.75 Å². The first-order valence-corrected chi connectivity index (χ1v) is 7.60. The van der Waals surface area contributed by atoms with E-state index in [4.69, 9.17) is 4.74 Å². The summed E-state index contributed by atoms with van der Waals surface area (Å²) < 4.78 is 18.5. The zero-order chi connectivity index (χ0) is 16.9. The van der Waals surface area contributed by atoms with E-state index < -0.39 is 0 Å². The van der Waals surface area contributed by atoms with Gasteiger partial charge in [0.05, 0.1) is 13.2 Å². The Labute approximate surface area is 140 Å². The molecule has 0 bridgehead atoms. The van der Waals surface area contributed by atoms with Gasteiger partial charge in [-0.25, -0.2) is 14.4 Å². The summed E-state index contributed by atoms with van der Waals surface area (Å²) in [5, 5.41) is 3.39. The van der Waals surface area contributed by atoms with Crippen molar-refractivity contribution in [2.45, 2.75) is 13.0 Å². The van der Waals surface area contributed by atoms with E-state index >= 15 is 0 Å². The Bertz CT molecular complexity index is 804. The molecule has 0 saturated carbocycles. The van der Waals surface area contributed by atoms with Gasteiger partial charge in [0.2, 0.25) is 0 Å². The summed E-state index contributed by atoms with van der Waals surface area (Å²) in [5.41, 5.74) is 2.84. The first-order chi connectivity index (χ1) is 11.7. The lowest BCUT2D eigenvalue weighted by atomic mass is 9.98. The molecular weight excluding hydrogens is 305 g/mol. The highest BCUT2D eigenvalue weighted by Gasteiger charge is 2.15. The summed E-state index contributed by atoms with van der Waals surface area (Å²) in [6.45, 7) is 1.91. The Morgan fingerprint density at radius 3 is 2.17 bits per heavy atom. The van der Waals surface area contributed by atoms with Crippen LogP contribution < -0.4 is 10.1 Å². The molecule has 3 rings (SSSR count). The smallest absolute Gasteiger partial charge is 0.130 e. The maximum Gasteiger partial charge on any atom is 0.130 e. The quantitative estimate of drug-likeness (QED) is 0.767. The number of halogens is 1. The van der Waals surface area contributed by atoms with Crippen LogP contribution in [0.4, 0.5) is 10.2 Å². The first kappa shape index (κ1) is 15.9. The molecule has 0 aliphatic carbocycles. The third-order valence-corrected chi connectivity index (χ3v) is 3.75. The van der Waals surface area contributed by atoms with Gasteiger partial charge in [0.15, 0.2) is 0 Å². The second-order valence-electron chi connectivity index (χ2n) is 5.45. The number of methoxy groups -OCH3 is 1. The average Bonchev–Trinajstić information content (AvgIpc) is 2.61. The largest absolute Gasteiger partial charge is 0.497 e. The molecule has 0 amide bonds. The molecule has 0 spiro atoms. The first-order valence-electron chi connectivity index (χ1n) is 7.60. The molecule has 1 unspecified atom stereocenters. The molecule has 1 aromatic heterocycles. The van der Waals surface area contributed by atoms with Crippen molar-refractivity contribution in [1.29, 1.82) is 0 Å². The van der Waals surface area contributed by atoms with Gasteiger partial charge in [-0.3, -0.25) is 0 Å². The Hall–Kier alpha value is -2.95. The van der Waals surface area contributed by atoms with Crippen LogP contribution in [0.3, 0.4) is 0 Å². The lowest BCUT2D eigenvalue weighted by molar-refractivity contribution is 0.414. The van der Waals surface area contributed by atoms with Crippen LogP contribution in [0.5, 0.6) is 5.75 Å². The fraction of sp³-hybridized carbons (Fsp3) is 0.158. The van der Waals surface area contributed by atoms with Gasteiger partial charge in [-0.2, -0.15) is 0 Å². The molecule has 0 aliphatic rings.